The van der Waals surface area contributed by atoms with Crippen molar-refractivity contribution in [2.75, 3.05) is 41.7 Å². The first-order valence-electron chi connectivity index (χ1n) is 14.3. The summed E-state index contributed by atoms with van der Waals surface area (Å²) in [6.45, 7) is 3.82. The molecule has 2 unspecified atom stereocenters. The van der Waals surface area contributed by atoms with Crippen LogP contribution in [0.3, 0.4) is 0 Å². The molecule has 0 spiro atoms. The van der Waals surface area contributed by atoms with Crippen LogP contribution in [0.4, 0.5) is 17.2 Å². The van der Waals surface area contributed by atoms with E-state index >= 15 is 0 Å². The van der Waals surface area contributed by atoms with E-state index in [1.165, 1.54) is 25.1 Å². The third-order valence-corrected chi connectivity index (χ3v) is 9.82. The predicted molar refractivity (Wildman–Crippen MR) is 151 cm³/mol. The number of rotatable bonds is 4. The third-order valence-electron chi connectivity index (χ3n) is 9.82. The summed E-state index contributed by atoms with van der Waals surface area (Å²) in [6.07, 6.45) is 7.03. The van der Waals surface area contributed by atoms with Gasteiger partial charge in [-0.1, -0.05) is 18.1 Å². The Morgan fingerprint density at radius 2 is 1.82 bits per heavy atom. The highest BCUT2D eigenvalue weighted by atomic mass is 16.3. The fraction of sp³-hybridized carbons (Fsp3) is 0.452. The normalized spacial score (nSPS) is 30.3. The number of aromatic hydroxyl groups is 1. The summed E-state index contributed by atoms with van der Waals surface area (Å²) in [5, 5.41) is 18.8. The molecule has 39 heavy (non-hydrogen) atoms. The highest BCUT2D eigenvalue weighted by Gasteiger charge is 2.60. The zero-order chi connectivity index (χ0) is 26.1. The van der Waals surface area contributed by atoms with Gasteiger partial charge < -0.3 is 20.6 Å². The summed E-state index contributed by atoms with van der Waals surface area (Å²) >= 11 is 0. The van der Waals surface area contributed by atoms with Gasteiger partial charge in [0.15, 0.2) is 5.82 Å². The molecule has 3 saturated heterocycles. The summed E-state index contributed by atoms with van der Waals surface area (Å²) in [4.78, 5) is 12.1. The predicted octanol–water partition coefficient (Wildman–Crippen LogP) is 3.38. The Balaban J connectivity index is 0.986. The topological polar surface area (TPSA) is 94.6 Å². The van der Waals surface area contributed by atoms with Crippen LogP contribution in [0.2, 0.25) is 0 Å². The second-order valence-corrected chi connectivity index (χ2v) is 12.0. The van der Waals surface area contributed by atoms with E-state index in [1.54, 1.807) is 12.1 Å². The molecule has 4 bridgehead atoms. The fourth-order valence-corrected chi connectivity index (χ4v) is 8.00. The van der Waals surface area contributed by atoms with Gasteiger partial charge in [0, 0.05) is 55.2 Å². The van der Waals surface area contributed by atoms with E-state index in [9.17, 15) is 5.11 Å². The molecular weight excluding hydrogens is 486 g/mol. The van der Waals surface area contributed by atoms with E-state index in [1.807, 2.05) is 24.4 Å². The largest absolute Gasteiger partial charge is 0.507 e. The first-order chi connectivity index (χ1) is 19.1. The van der Waals surface area contributed by atoms with Gasteiger partial charge in [0.05, 0.1) is 17.9 Å². The first kappa shape index (κ1) is 23.1. The van der Waals surface area contributed by atoms with Crippen LogP contribution in [0.5, 0.6) is 5.75 Å². The van der Waals surface area contributed by atoms with Crippen molar-refractivity contribution in [3.8, 4) is 28.8 Å². The molecule has 5 fully saturated rings. The summed E-state index contributed by atoms with van der Waals surface area (Å²) in [6, 6.07) is 15.0. The Hall–Kier alpha value is -3.83. The van der Waals surface area contributed by atoms with Crippen molar-refractivity contribution in [2.24, 2.45) is 17.8 Å². The van der Waals surface area contributed by atoms with Crippen LogP contribution in [-0.2, 0) is 0 Å². The summed E-state index contributed by atoms with van der Waals surface area (Å²) in [5.41, 5.74) is 10.6. The minimum absolute atomic E-state index is 0.188. The number of phenols is 1. The minimum atomic E-state index is 0.188. The van der Waals surface area contributed by atoms with E-state index in [4.69, 9.17) is 5.73 Å². The van der Waals surface area contributed by atoms with Gasteiger partial charge in [-0.05, 0) is 79.7 Å². The quantitative estimate of drug-likeness (QED) is 0.507. The van der Waals surface area contributed by atoms with Crippen molar-refractivity contribution >= 4 is 17.2 Å². The van der Waals surface area contributed by atoms with Crippen LogP contribution >= 0.6 is 0 Å². The number of nitrogen functional groups attached to an aromatic ring is 1. The highest BCUT2D eigenvalue weighted by Crippen LogP contribution is 2.60. The SMILES string of the molecule is Nc1nnc(-c2ccccc2O)cc1N1CC2CCC(C1)N2c1ccnc(C#CCN2C[C@@H]3C[C@H]2[C@H]2C[C@@H]32)c1. The molecule has 1 aromatic carbocycles. The van der Waals surface area contributed by atoms with E-state index in [0.717, 1.165) is 67.7 Å². The molecule has 0 radical (unpaired) electrons. The second-order valence-electron chi connectivity index (χ2n) is 12.0. The molecule has 2 aromatic heterocycles. The van der Waals surface area contributed by atoms with Crippen LogP contribution in [0.25, 0.3) is 11.3 Å². The lowest BCUT2D eigenvalue weighted by atomic mass is 10.1. The van der Waals surface area contributed by atoms with E-state index < -0.39 is 0 Å². The lowest BCUT2D eigenvalue weighted by molar-refractivity contribution is 0.228. The Kier molecular flexibility index (Phi) is 5.24. The first-order valence-corrected chi connectivity index (χ1v) is 14.3. The van der Waals surface area contributed by atoms with Gasteiger partial charge >= 0.3 is 0 Å². The van der Waals surface area contributed by atoms with Gasteiger partial charge in [-0.2, -0.15) is 0 Å². The number of para-hydroxylation sites is 1. The average Bonchev–Trinajstić information content (AvgIpc) is 3.46. The summed E-state index contributed by atoms with van der Waals surface area (Å²) < 4.78 is 0. The fourth-order valence-electron chi connectivity index (χ4n) is 8.00. The van der Waals surface area contributed by atoms with Gasteiger partial charge in [0.1, 0.15) is 11.4 Å². The Bertz CT molecular complexity index is 1480. The van der Waals surface area contributed by atoms with Crippen molar-refractivity contribution in [1.82, 2.24) is 20.1 Å². The molecule has 2 aliphatic carbocycles. The number of nitrogens with two attached hydrogens (primary N) is 1. The number of nitrogens with zero attached hydrogens (tertiary/aromatic N) is 6. The van der Waals surface area contributed by atoms with Crippen molar-refractivity contribution in [3.63, 3.8) is 0 Å². The summed E-state index contributed by atoms with van der Waals surface area (Å²) in [5.74, 6) is 10.4. The Labute approximate surface area is 228 Å². The maximum atomic E-state index is 10.3. The third kappa shape index (κ3) is 3.90. The van der Waals surface area contributed by atoms with Gasteiger partial charge in [-0.15, -0.1) is 10.2 Å². The number of piperazine rings is 1. The highest BCUT2D eigenvalue weighted by molar-refractivity contribution is 5.74. The number of benzene rings is 1. The van der Waals surface area contributed by atoms with Gasteiger partial charge in [0.2, 0.25) is 0 Å². The molecular formula is C31H33N7O. The number of pyridine rings is 1. The number of aromatic nitrogens is 3. The van der Waals surface area contributed by atoms with Crippen molar-refractivity contribution < 1.29 is 5.11 Å². The maximum Gasteiger partial charge on any atom is 0.169 e. The van der Waals surface area contributed by atoms with Gasteiger partial charge in [0.25, 0.3) is 0 Å². The molecule has 0 amide bonds. The molecule has 3 aromatic rings. The smallest absolute Gasteiger partial charge is 0.169 e. The zero-order valence-electron chi connectivity index (χ0n) is 21.9. The number of likely N-dealkylation sites (tertiary alicyclic amines) is 1. The van der Waals surface area contributed by atoms with Crippen molar-refractivity contribution in [2.45, 2.75) is 43.8 Å². The monoisotopic (exact) mass is 519 g/mol. The zero-order valence-corrected chi connectivity index (χ0v) is 21.9. The average molecular weight is 520 g/mol. The number of phenolic OH excluding ortho intramolecular Hbond substituents is 1. The van der Waals surface area contributed by atoms with E-state index in [-0.39, 0.29) is 5.75 Å². The maximum absolute atomic E-state index is 10.3. The number of hydrogen-bond donors (Lipinski definition) is 2. The van der Waals surface area contributed by atoms with Crippen LogP contribution in [0, 0.1) is 29.6 Å². The van der Waals surface area contributed by atoms with Gasteiger partial charge in [-0.3, -0.25) is 4.90 Å². The minimum Gasteiger partial charge on any atom is -0.507 e. The van der Waals surface area contributed by atoms with Crippen LogP contribution in [0.15, 0.2) is 48.7 Å². The molecule has 198 valence electrons. The standard InChI is InChI=1S/C31H33N7O/c32-31-29(15-27(34-35-31)24-5-1-2-6-30(24)39)37-17-22-7-8-23(18-37)38(22)21-9-10-33-20(13-21)4-3-11-36-16-19-12-28(36)26-14-25(19)26/h1-2,5-6,9-10,13,15,19,22-23,25-26,28,39H,7-8,11-12,14,16-18H2,(H2,32,35)/t19-,22?,23?,25-,26-,28-/m0/s1. The molecule has 5 heterocycles. The second kappa shape index (κ2) is 8.85. The van der Waals surface area contributed by atoms with Crippen LogP contribution in [-0.4, -0.2) is 69.5 Å². The number of hydrogen-bond acceptors (Lipinski definition) is 8. The molecule has 2 saturated carbocycles. The molecule has 6 atom stereocenters. The lowest BCUT2D eigenvalue weighted by Crippen LogP contribution is -2.54. The van der Waals surface area contributed by atoms with Crippen LogP contribution < -0.4 is 15.5 Å². The number of fused-ring (bicyclic) bond motifs is 7. The number of piperidine rings is 1. The molecule has 5 aliphatic rings. The van der Waals surface area contributed by atoms with E-state index in [2.05, 4.69) is 53.9 Å². The summed E-state index contributed by atoms with van der Waals surface area (Å²) in [7, 11) is 0. The van der Waals surface area contributed by atoms with E-state index in [0.29, 0.717) is 29.2 Å². The molecule has 8 rings (SSSR count). The van der Waals surface area contributed by atoms with Crippen LogP contribution in [0.1, 0.15) is 31.4 Å². The van der Waals surface area contributed by atoms with Crippen molar-refractivity contribution in [1.29, 1.82) is 0 Å². The lowest BCUT2D eigenvalue weighted by Gasteiger charge is -2.43. The Morgan fingerprint density at radius 3 is 2.62 bits per heavy atom. The molecule has 8 heteroatoms. The Morgan fingerprint density at radius 1 is 0.974 bits per heavy atom. The molecule has 8 nitrogen and oxygen atoms in total. The van der Waals surface area contributed by atoms with Gasteiger partial charge in [-0.25, -0.2) is 4.98 Å². The molecule has 3 aliphatic heterocycles. The van der Waals surface area contributed by atoms with Crippen molar-refractivity contribution in [3.05, 3.63) is 54.4 Å². The number of anilines is 3. The molecule has 3 N–H and O–H groups in total.